The van der Waals surface area contributed by atoms with Gasteiger partial charge in [0.2, 0.25) is 6.10 Å². The van der Waals surface area contributed by atoms with Crippen LogP contribution in [0.5, 0.6) is 11.5 Å². The van der Waals surface area contributed by atoms with Crippen molar-refractivity contribution >= 4 is 18.0 Å². The number of hydrogen-bond acceptors (Lipinski definition) is 10. The van der Waals surface area contributed by atoms with Gasteiger partial charge in [-0.25, -0.2) is 23.2 Å². The van der Waals surface area contributed by atoms with Crippen LogP contribution in [0.25, 0.3) is 0 Å². The van der Waals surface area contributed by atoms with Crippen LogP contribution < -0.4 is 14.8 Å². The Kier molecular flexibility index (Phi) is 19.3. The number of rotatable bonds is 11. The van der Waals surface area contributed by atoms with Gasteiger partial charge in [-0.3, -0.25) is 9.80 Å². The van der Waals surface area contributed by atoms with Gasteiger partial charge in [-0.2, -0.15) is 52.7 Å². The molecule has 352 valence electrons. The number of ether oxygens (including phenoxy) is 3. The Morgan fingerprint density at radius 2 is 1.00 bits per heavy atom. The summed E-state index contributed by atoms with van der Waals surface area (Å²) in [6.07, 6.45) is -33.1. The Morgan fingerprint density at radius 1 is 0.629 bits per heavy atom. The monoisotopic (exact) mass is 926 g/mol. The highest BCUT2D eigenvalue weighted by Crippen LogP contribution is 2.36. The number of amides is 1. The van der Waals surface area contributed by atoms with Gasteiger partial charge in [0.15, 0.2) is 36.3 Å². The van der Waals surface area contributed by atoms with Crippen LogP contribution in [0, 0.1) is 25.5 Å². The third-order valence-corrected chi connectivity index (χ3v) is 8.48. The summed E-state index contributed by atoms with van der Waals surface area (Å²) >= 11 is 0. The summed E-state index contributed by atoms with van der Waals surface area (Å²) in [4.78, 5) is 37.7. The van der Waals surface area contributed by atoms with E-state index >= 15 is 0 Å². The first-order valence-corrected chi connectivity index (χ1v) is 17.7. The number of aliphatic carboxylic acids is 2. The molecule has 0 atom stereocenters. The number of aliphatic hydroxyl groups is 1. The predicted octanol–water partition coefficient (Wildman–Crippen LogP) is 5.82. The number of alkyl halides is 12. The molecule has 62 heavy (non-hydrogen) atoms. The molecule has 4 rings (SSSR count). The van der Waals surface area contributed by atoms with Gasteiger partial charge in [0.25, 0.3) is 6.10 Å². The average molecular weight is 927 g/mol. The quantitative estimate of drug-likeness (QED) is 0.201. The molecule has 1 amide bonds. The number of nitrogens with one attached hydrogen (secondary N) is 1. The molecule has 0 spiro atoms. The number of aliphatic hydroxyl groups excluding tert-OH is 1. The lowest BCUT2D eigenvalue weighted by Crippen LogP contribution is -2.52. The molecule has 0 aliphatic carbocycles. The Bertz CT molecular complexity index is 1770. The fraction of sp³-hybridized carbons (Fsp3) is 0.571. The average Bonchev–Trinajstić information content (AvgIpc) is 3.15. The van der Waals surface area contributed by atoms with Crippen molar-refractivity contribution in [2.45, 2.75) is 63.9 Å². The Hall–Kier alpha value is -4.89. The third kappa shape index (κ3) is 17.1. The molecule has 13 nitrogen and oxygen atoms in total. The van der Waals surface area contributed by atoms with Crippen molar-refractivity contribution < 1.29 is 105 Å². The zero-order valence-electron chi connectivity index (χ0n) is 32.4. The summed E-state index contributed by atoms with van der Waals surface area (Å²) in [7, 11) is 0. The van der Waals surface area contributed by atoms with Crippen LogP contribution in [0.1, 0.15) is 22.3 Å². The number of hydrogen-bond donors (Lipinski definition) is 4. The molecule has 0 bridgehead atoms. The van der Waals surface area contributed by atoms with Crippen molar-refractivity contribution in [2.24, 2.45) is 0 Å². The van der Waals surface area contributed by atoms with E-state index in [1.807, 2.05) is 0 Å². The normalized spacial score (nSPS) is 15.6. The lowest BCUT2D eigenvalue weighted by Gasteiger charge is -2.35. The minimum absolute atomic E-state index is 0.0334. The molecule has 0 saturated carbocycles. The Labute approximate surface area is 342 Å². The van der Waals surface area contributed by atoms with Crippen LogP contribution in [0.4, 0.5) is 66.3 Å². The fourth-order valence-electron chi connectivity index (χ4n) is 5.34. The fourth-order valence-corrected chi connectivity index (χ4v) is 5.34. The van der Waals surface area contributed by atoms with E-state index in [2.05, 4.69) is 15.0 Å². The van der Waals surface area contributed by atoms with Crippen LogP contribution in [-0.2, 0) is 27.4 Å². The van der Waals surface area contributed by atoms with Gasteiger partial charge in [-0.1, -0.05) is 24.3 Å². The number of benzene rings is 2. The van der Waals surface area contributed by atoms with E-state index in [9.17, 15) is 75.8 Å². The van der Waals surface area contributed by atoms with E-state index in [0.29, 0.717) is 28.1 Å². The molecule has 2 fully saturated rings. The number of halogens is 14. The number of carbonyl (C=O) groups excluding carboxylic acids is 1. The summed E-state index contributed by atoms with van der Waals surface area (Å²) in [5.41, 5.74) is 1.65. The number of nitrogens with zero attached hydrogens (tertiary/aromatic N) is 3. The first-order chi connectivity index (χ1) is 28.4. The summed E-state index contributed by atoms with van der Waals surface area (Å²) in [5, 5.41) is 28.1. The first-order valence-electron chi connectivity index (χ1n) is 17.7. The Balaban J connectivity index is 0.000000372. The van der Waals surface area contributed by atoms with Crippen LogP contribution in [-0.4, -0.2) is 151 Å². The SMILES string of the molecule is Cc1ccc(CN2CCN(C(=O)OC(C(F)(F)F)C(F)(F)F)CC2)c(OCC(=O)O)c1F.Cc1ccc(CN2CCNCC2)c(OCC(=O)O)c1F.OC(C(F)(F)F)C(F)(F)F. The summed E-state index contributed by atoms with van der Waals surface area (Å²) in [6.45, 7) is 5.54. The molecule has 0 radical (unpaired) electrons. The number of carbonyl (C=O) groups is 3. The smallest absolute Gasteiger partial charge is 0.434 e. The van der Waals surface area contributed by atoms with Crippen molar-refractivity contribution in [1.29, 1.82) is 0 Å². The second-order valence-electron chi connectivity index (χ2n) is 13.4. The van der Waals surface area contributed by atoms with E-state index in [0.717, 1.165) is 26.2 Å². The van der Waals surface area contributed by atoms with Gasteiger partial charge in [0, 0.05) is 76.6 Å². The van der Waals surface area contributed by atoms with E-state index in [1.54, 1.807) is 24.0 Å². The van der Waals surface area contributed by atoms with Gasteiger partial charge < -0.3 is 39.7 Å². The van der Waals surface area contributed by atoms with Crippen LogP contribution in [0.15, 0.2) is 24.3 Å². The van der Waals surface area contributed by atoms with Crippen molar-refractivity contribution in [2.75, 3.05) is 65.6 Å². The lowest BCUT2D eigenvalue weighted by molar-refractivity contribution is -0.309. The largest absolute Gasteiger partial charge is 0.479 e. The van der Waals surface area contributed by atoms with Gasteiger partial charge in [0.05, 0.1) is 0 Å². The van der Waals surface area contributed by atoms with Gasteiger partial charge in [0.1, 0.15) is 0 Å². The van der Waals surface area contributed by atoms with Crippen molar-refractivity contribution in [3.05, 3.63) is 58.2 Å². The first kappa shape index (κ1) is 53.2. The maximum absolute atomic E-state index is 14.4. The highest BCUT2D eigenvalue weighted by Gasteiger charge is 2.60. The molecule has 2 aliphatic heterocycles. The highest BCUT2D eigenvalue weighted by molar-refractivity contribution is 5.69. The standard InChI is InChI=1S/C18H19F7N2O5.C14H19FN2O3.C3H2F6O/c1-10-2-3-11(14(13(10)19)31-9-12(28)29)8-26-4-6-27(7-5-26)16(30)32-15(17(20,21)22)18(23,24)25;1-10-2-3-11(8-17-6-4-16-5-7-17)14(13(10)15)20-9-12(18)19;4-2(5,6)1(10)3(7,8)9/h2-3,15H,4-9H2,1H3,(H,28,29);2-3,16H,4-9H2,1H3,(H,18,19);1,10H. The molecule has 2 aromatic rings. The minimum atomic E-state index is -5.81. The zero-order chi connectivity index (χ0) is 47.4. The lowest BCUT2D eigenvalue weighted by atomic mass is 10.1. The van der Waals surface area contributed by atoms with Gasteiger partial charge >= 0.3 is 42.7 Å². The van der Waals surface area contributed by atoms with E-state index in [1.165, 1.54) is 19.1 Å². The van der Waals surface area contributed by atoms with Crippen molar-refractivity contribution in [1.82, 2.24) is 20.0 Å². The topological polar surface area (TPSA) is 161 Å². The number of carboxylic acid groups (broad SMARTS) is 2. The molecule has 4 N–H and O–H groups in total. The summed E-state index contributed by atoms with van der Waals surface area (Å²) in [6, 6.07) is 6.45. The highest BCUT2D eigenvalue weighted by atomic mass is 19.4. The molecule has 0 unspecified atom stereocenters. The molecule has 2 heterocycles. The second-order valence-corrected chi connectivity index (χ2v) is 13.4. The van der Waals surface area contributed by atoms with Crippen LogP contribution in [0.2, 0.25) is 0 Å². The second kappa shape index (κ2) is 22.5. The number of piperazine rings is 2. The van der Waals surface area contributed by atoms with Crippen LogP contribution in [0.3, 0.4) is 0 Å². The number of carboxylic acids is 2. The minimum Gasteiger partial charge on any atom is -0.479 e. The maximum atomic E-state index is 14.4. The molecule has 27 heteroatoms. The van der Waals surface area contributed by atoms with Crippen molar-refractivity contribution in [3.8, 4) is 11.5 Å². The molecular weight excluding hydrogens is 886 g/mol. The van der Waals surface area contributed by atoms with Crippen molar-refractivity contribution in [3.63, 3.8) is 0 Å². The van der Waals surface area contributed by atoms with Crippen LogP contribution >= 0.6 is 0 Å². The predicted molar refractivity (Wildman–Crippen MR) is 184 cm³/mol. The summed E-state index contributed by atoms with van der Waals surface area (Å²) < 4.78 is 183. The maximum Gasteiger partial charge on any atom is 0.434 e. The Morgan fingerprint density at radius 3 is 1.32 bits per heavy atom. The zero-order valence-corrected chi connectivity index (χ0v) is 32.4. The molecule has 2 aliphatic rings. The third-order valence-electron chi connectivity index (χ3n) is 8.48. The molecular formula is C35H40F14N4O9. The molecule has 0 aromatic heterocycles. The van der Waals surface area contributed by atoms with E-state index in [-0.39, 0.29) is 49.8 Å². The summed E-state index contributed by atoms with van der Waals surface area (Å²) in [5.74, 6) is -3.87. The number of aryl methyl sites for hydroxylation is 2. The van der Waals surface area contributed by atoms with E-state index in [4.69, 9.17) is 24.8 Å². The molecule has 2 aromatic carbocycles. The van der Waals surface area contributed by atoms with E-state index < -0.39 is 79.8 Å². The van der Waals surface area contributed by atoms with Gasteiger partial charge in [-0.05, 0) is 25.0 Å². The molecule has 2 saturated heterocycles. The van der Waals surface area contributed by atoms with Gasteiger partial charge in [-0.15, -0.1) is 0 Å².